The average molecular weight is 206 g/mol. The maximum absolute atomic E-state index is 6.02. The molecule has 3 N–H and O–H groups in total. The molecule has 0 aliphatic heterocycles. The van der Waals surface area contributed by atoms with Gasteiger partial charge in [-0.25, -0.2) is 0 Å². The van der Waals surface area contributed by atoms with Gasteiger partial charge in [0, 0.05) is 6.04 Å². The fourth-order valence-electron chi connectivity index (χ4n) is 1.75. The van der Waals surface area contributed by atoms with E-state index in [1.54, 1.807) is 0 Å². The van der Waals surface area contributed by atoms with Gasteiger partial charge in [0.2, 0.25) is 0 Å². The quantitative estimate of drug-likeness (QED) is 0.723. The summed E-state index contributed by atoms with van der Waals surface area (Å²) in [6, 6.07) is 6.69. The van der Waals surface area contributed by atoms with Gasteiger partial charge in [-0.1, -0.05) is 32.4 Å². The molecular weight excluding hydrogens is 184 g/mol. The molecule has 0 spiro atoms. The Labute approximate surface area is 92.9 Å². The minimum Gasteiger partial charge on any atom is -0.397 e. The number of aryl methyl sites for hydroxylation is 1. The van der Waals surface area contributed by atoms with Crippen molar-refractivity contribution in [1.82, 2.24) is 0 Å². The largest absolute Gasteiger partial charge is 0.397 e. The van der Waals surface area contributed by atoms with Gasteiger partial charge in [0.05, 0.1) is 11.4 Å². The van der Waals surface area contributed by atoms with Crippen LogP contribution in [0.3, 0.4) is 0 Å². The first-order valence-corrected chi connectivity index (χ1v) is 5.80. The number of benzene rings is 1. The molecule has 1 aromatic rings. The normalized spacial score (nSPS) is 12.5. The van der Waals surface area contributed by atoms with E-state index in [1.807, 2.05) is 19.1 Å². The Morgan fingerprint density at radius 3 is 2.67 bits per heavy atom. The number of nitrogens with two attached hydrogens (primary N) is 1. The highest BCUT2D eigenvalue weighted by molar-refractivity contribution is 5.69. The number of para-hydroxylation sites is 1. The average Bonchev–Trinajstić information content (AvgIpc) is 2.24. The summed E-state index contributed by atoms with van der Waals surface area (Å²) in [5, 5.41) is 3.51. The molecule has 0 aromatic heterocycles. The molecular formula is C13H22N2. The van der Waals surface area contributed by atoms with E-state index in [9.17, 15) is 0 Å². The number of nitrogen functional groups attached to an aromatic ring is 1. The smallest absolute Gasteiger partial charge is 0.0579 e. The van der Waals surface area contributed by atoms with Crippen LogP contribution in [0.4, 0.5) is 11.4 Å². The zero-order chi connectivity index (χ0) is 11.3. The topological polar surface area (TPSA) is 38.0 Å². The Kier molecular flexibility index (Phi) is 4.47. The summed E-state index contributed by atoms with van der Waals surface area (Å²) in [5.74, 6) is 0. The van der Waals surface area contributed by atoms with Crippen molar-refractivity contribution in [3.63, 3.8) is 0 Å². The molecule has 15 heavy (non-hydrogen) atoms. The number of anilines is 2. The van der Waals surface area contributed by atoms with E-state index in [2.05, 4.69) is 25.2 Å². The van der Waals surface area contributed by atoms with E-state index < -0.39 is 0 Å². The molecule has 1 aromatic carbocycles. The third-order valence-corrected chi connectivity index (χ3v) is 2.81. The molecule has 0 amide bonds. The first kappa shape index (κ1) is 11.9. The molecule has 0 heterocycles. The maximum Gasteiger partial charge on any atom is 0.0579 e. The minimum atomic E-state index is 0.541. The molecule has 2 heteroatoms. The second-order valence-corrected chi connectivity index (χ2v) is 4.07. The van der Waals surface area contributed by atoms with E-state index in [1.165, 1.54) is 12.8 Å². The fourth-order valence-corrected chi connectivity index (χ4v) is 1.75. The standard InChI is InChI=1S/C13H22N2/c1-4-7-11(5-2)15-12-9-6-8-10(3)13(12)14/h6,8-9,11,15H,4-5,7,14H2,1-3H3. The van der Waals surface area contributed by atoms with Crippen molar-refractivity contribution in [1.29, 1.82) is 0 Å². The molecule has 1 atom stereocenters. The highest BCUT2D eigenvalue weighted by atomic mass is 14.9. The first-order chi connectivity index (χ1) is 7.19. The van der Waals surface area contributed by atoms with Crippen molar-refractivity contribution in [2.75, 3.05) is 11.1 Å². The third-order valence-electron chi connectivity index (χ3n) is 2.81. The molecule has 0 aliphatic carbocycles. The van der Waals surface area contributed by atoms with Gasteiger partial charge in [-0.15, -0.1) is 0 Å². The van der Waals surface area contributed by atoms with E-state index in [0.717, 1.165) is 23.4 Å². The van der Waals surface area contributed by atoms with Crippen LogP contribution in [0, 0.1) is 6.92 Å². The summed E-state index contributed by atoms with van der Waals surface area (Å²) in [5.41, 5.74) is 9.12. The van der Waals surface area contributed by atoms with Gasteiger partial charge >= 0.3 is 0 Å². The van der Waals surface area contributed by atoms with Crippen LogP contribution in [0.15, 0.2) is 18.2 Å². The van der Waals surface area contributed by atoms with Crippen LogP contribution in [-0.4, -0.2) is 6.04 Å². The monoisotopic (exact) mass is 206 g/mol. The van der Waals surface area contributed by atoms with Crippen molar-refractivity contribution < 1.29 is 0 Å². The van der Waals surface area contributed by atoms with Gasteiger partial charge in [0.15, 0.2) is 0 Å². The molecule has 0 bridgehead atoms. The van der Waals surface area contributed by atoms with Gasteiger partial charge < -0.3 is 11.1 Å². The van der Waals surface area contributed by atoms with Crippen LogP contribution in [0.1, 0.15) is 38.7 Å². The molecule has 0 aliphatic rings. The lowest BCUT2D eigenvalue weighted by Gasteiger charge is -2.19. The lowest BCUT2D eigenvalue weighted by Crippen LogP contribution is -2.18. The number of hydrogen-bond donors (Lipinski definition) is 2. The number of rotatable bonds is 5. The predicted octanol–water partition coefficient (Wildman–Crippen LogP) is 3.57. The summed E-state index contributed by atoms with van der Waals surface area (Å²) in [4.78, 5) is 0. The van der Waals surface area contributed by atoms with Crippen molar-refractivity contribution in [2.45, 2.75) is 46.1 Å². The van der Waals surface area contributed by atoms with Crippen LogP contribution < -0.4 is 11.1 Å². The molecule has 1 unspecified atom stereocenters. The van der Waals surface area contributed by atoms with Crippen molar-refractivity contribution in [3.8, 4) is 0 Å². The summed E-state index contributed by atoms with van der Waals surface area (Å²) >= 11 is 0. The van der Waals surface area contributed by atoms with Crippen LogP contribution in [0.2, 0.25) is 0 Å². The molecule has 0 fully saturated rings. The zero-order valence-corrected chi connectivity index (χ0v) is 10.0. The lowest BCUT2D eigenvalue weighted by atomic mass is 10.1. The SMILES string of the molecule is CCCC(CC)Nc1cccc(C)c1N. The third kappa shape index (κ3) is 3.15. The lowest BCUT2D eigenvalue weighted by molar-refractivity contribution is 0.623. The molecule has 0 radical (unpaired) electrons. The number of nitrogens with one attached hydrogen (secondary N) is 1. The maximum atomic E-state index is 6.02. The Bertz CT molecular complexity index is 307. The molecule has 0 saturated carbocycles. The Morgan fingerprint density at radius 2 is 2.07 bits per heavy atom. The minimum absolute atomic E-state index is 0.541. The van der Waals surface area contributed by atoms with Crippen LogP contribution in [0.25, 0.3) is 0 Å². The summed E-state index contributed by atoms with van der Waals surface area (Å²) in [6.45, 7) is 6.46. The molecule has 84 valence electrons. The predicted molar refractivity (Wildman–Crippen MR) is 68.2 cm³/mol. The Morgan fingerprint density at radius 1 is 1.33 bits per heavy atom. The molecule has 2 nitrogen and oxygen atoms in total. The van der Waals surface area contributed by atoms with E-state index in [-0.39, 0.29) is 0 Å². The highest BCUT2D eigenvalue weighted by Crippen LogP contribution is 2.23. The first-order valence-electron chi connectivity index (χ1n) is 5.80. The Balaban J connectivity index is 2.74. The molecule has 0 saturated heterocycles. The van der Waals surface area contributed by atoms with Crippen molar-refractivity contribution in [3.05, 3.63) is 23.8 Å². The van der Waals surface area contributed by atoms with Crippen LogP contribution in [0.5, 0.6) is 0 Å². The van der Waals surface area contributed by atoms with Gasteiger partial charge in [-0.3, -0.25) is 0 Å². The fraction of sp³-hybridized carbons (Fsp3) is 0.538. The van der Waals surface area contributed by atoms with Crippen LogP contribution in [-0.2, 0) is 0 Å². The van der Waals surface area contributed by atoms with Gasteiger partial charge in [-0.05, 0) is 31.4 Å². The van der Waals surface area contributed by atoms with Crippen LogP contribution >= 0.6 is 0 Å². The number of hydrogen-bond acceptors (Lipinski definition) is 2. The van der Waals surface area contributed by atoms with E-state index >= 15 is 0 Å². The van der Waals surface area contributed by atoms with Crippen molar-refractivity contribution in [2.24, 2.45) is 0 Å². The van der Waals surface area contributed by atoms with E-state index in [4.69, 9.17) is 5.73 Å². The van der Waals surface area contributed by atoms with Gasteiger partial charge in [0.25, 0.3) is 0 Å². The zero-order valence-electron chi connectivity index (χ0n) is 10.0. The second kappa shape index (κ2) is 5.64. The second-order valence-electron chi connectivity index (χ2n) is 4.07. The van der Waals surface area contributed by atoms with Crippen molar-refractivity contribution >= 4 is 11.4 Å². The molecule has 1 rings (SSSR count). The van der Waals surface area contributed by atoms with Gasteiger partial charge in [-0.2, -0.15) is 0 Å². The summed E-state index contributed by atoms with van der Waals surface area (Å²) in [6.07, 6.45) is 3.54. The van der Waals surface area contributed by atoms with E-state index in [0.29, 0.717) is 6.04 Å². The summed E-state index contributed by atoms with van der Waals surface area (Å²) in [7, 11) is 0. The van der Waals surface area contributed by atoms with Gasteiger partial charge in [0.1, 0.15) is 0 Å². The Hall–Kier alpha value is -1.18. The summed E-state index contributed by atoms with van der Waals surface area (Å²) < 4.78 is 0. The highest BCUT2D eigenvalue weighted by Gasteiger charge is 2.07.